The van der Waals surface area contributed by atoms with Gasteiger partial charge in [-0.1, -0.05) is 53.4 Å². The highest BCUT2D eigenvalue weighted by Crippen LogP contribution is 2.40. The number of hydrazine groups is 1. The Morgan fingerprint density at radius 2 is 2.11 bits per heavy atom. The van der Waals surface area contributed by atoms with Crippen molar-refractivity contribution in [3.05, 3.63) is 41.6 Å². The van der Waals surface area contributed by atoms with Gasteiger partial charge in [-0.3, -0.25) is 10.2 Å². The van der Waals surface area contributed by atoms with E-state index >= 15 is 0 Å². The first-order valence-electron chi connectivity index (χ1n) is 5.56. The van der Waals surface area contributed by atoms with Crippen LogP contribution in [0.15, 0.2) is 34.5 Å². The minimum Gasteiger partial charge on any atom is -0.375 e. The van der Waals surface area contributed by atoms with Crippen molar-refractivity contribution in [3.63, 3.8) is 0 Å². The molecule has 0 radical (unpaired) electrons. The molecule has 1 aromatic heterocycles. The van der Waals surface area contributed by atoms with Gasteiger partial charge in [-0.25, -0.2) is 10.8 Å². The molecule has 0 saturated carbocycles. The van der Waals surface area contributed by atoms with Crippen molar-refractivity contribution in [1.82, 2.24) is 10.4 Å². The molecule has 0 saturated heterocycles. The Morgan fingerprint density at radius 1 is 1.42 bits per heavy atom. The molecule has 1 aromatic carbocycles. The van der Waals surface area contributed by atoms with E-state index in [4.69, 9.17) is 11.6 Å². The maximum atomic E-state index is 11.9. The highest BCUT2D eigenvalue weighted by Gasteiger charge is 2.23. The normalized spacial score (nSPS) is 12.1. The number of carbonyl (C=O) groups is 1. The van der Waals surface area contributed by atoms with Crippen molar-refractivity contribution < 1.29 is 4.79 Å². The summed E-state index contributed by atoms with van der Waals surface area (Å²) in [6.07, 6.45) is 0. The number of nitrogens with zero attached hydrogens (tertiary/aromatic N) is 1. The van der Waals surface area contributed by atoms with Crippen LogP contribution in [-0.4, -0.2) is 10.9 Å². The van der Waals surface area contributed by atoms with E-state index in [1.807, 2.05) is 37.3 Å². The van der Waals surface area contributed by atoms with Crippen LogP contribution >= 0.6 is 23.1 Å². The molecule has 0 aliphatic rings. The Hall–Kier alpha value is -1.57. The quantitative estimate of drug-likeness (QED) is 0.346. The van der Waals surface area contributed by atoms with Crippen molar-refractivity contribution in [1.29, 1.82) is 0 Å². The molecule has 1 unspecified atom stereocenters. The van der Waals surface area contributed by atoms with Crippen LogP contribution in [0.5, 0.6) is 0 Å². The lowest BCUT2D eigenvalue weighted by molar-refractivity contribution is -0.120. The number of amides is 1. The SMILES string of the molecule is Cc1nc(N)sc1SC(C(=O)NN)c1ccccc1. The van der Waals surface area contributed by atoms with E-state index in [1.165, 1.54) is 23.1 Å². The molecule has 0 aliphatic heterocycles. The van der Waals surface area contributed by atoms with Crippen LogP contribution in [-0.2, 0) is 4.79 Å². The van der Waals surface area contributed by atoms with Crippen LogP contribution in [0.3, 0.4) is 0 Å². The minimum atomic E-state index is -0.412. The van der Waals surface area contributed by atoms with Gasteiger partial charge in [0.1, 0.15) is 5.25 Å². The Bertz CT molecular complexity index is 570. The van der Waals surface area contributed by atoms with Gasteiger partial charge >= 0.3 is 0 Å². The number of nitrogens with one attached hydrogen (secondary N) is 1. The summed E-state index contributed by atoms with van der Waals surface area (Å²) in [5.74, 6) is 5.01. The zero-order valence-corrected chi connectivity index (χ0v) is 11.9. The predicted octanol–water partition coefficient (Wildman–Crippen LogP) is 1.86. The monoisotopic (exact) mass is 294 g/mol. The fourth-order valence-corrected chi connectivity index (χ4v) is 3.80. The van der Waals surface area contributed by atoms with Crippen molar-refractivity contribution in [2.24, 2.45) is 5.84 Å². The maximum Gasteiger partial charge on any atom is 0.251 e. The molecule has 5 nitrogen and oxygen atoms in total. The molecule has 100 valence electrons. The third kappa shape index (κ3) is 3.25. The molecule has 7 heteroatoms. The summed E-state index contributed by atoms with van der Waals surface area (Å²) in [6.45, 7) is 1.87. The zero-order chi connectivity index (χ0) is 13.8. The summed E-state index contributed by atoms with van der Waals surface area (Å²) >= 11 is 2.78. The van der Waals surface area contributed by atoms with E-state index in [2.05, 4.69) is 10.4 Å². The molecule has 1 amide bonds. The van der Waals surface area contributed by atoms with Crippen LogP contribution in [0.2, 0.25) is 0 Å². The van der Waals surface area contributed by atoms with Crippen LogP contribution in [0.1, 0.15) is 16.5 Å². The average molecular weight is 294 g/mol. The number of nitrogen functional groups attached to an aromatic ring is 1. The molecule has 0 fully saturated rings. The van der Waals surface area contributed by atoms with Crippen molar-refractivity contribution in [2.75, 3.05) is 5.73 Å². The molecule has 5 N–H and O–H groups in total. The molecule has 19 heavy (non-hydrogen) atoms. The third-order valence-corrected chi connectivity index (χ3v) is 5.03. The summed E-state index contributed by atoms with van der Waals surface area (Å²) in [6, 6.07) is 9.47. The van der Waals surface area contributed by atoms with Gasteiger partial charge in [-0.15, -0.1) is 0 Å². The summed E-state index contributed by atoms with van der Waals surface area (Å²) in [5, 5.41) is 0.0877. The van der Waals surface area contributed by atoms with Gasteiger partial charge in [-0.2, -0.15) is 0 Å². The largest absolute Gasteiger partial charge is 0.375 e. The summed E-state index contributed by atoms with van der Waals surface area (Å²) < 4.78 is 0.926. The Labute approximate surface area is 119 Å². The van der Waals surface area contributed by atoms with E-state index in [-0.39, 0.29) is 5.91 Å². The lowest BCUT2D eigenvalue weighted by Gasteiger charge is -2.14. The predicted molar refractivity (Wildman–Crippen MR) is 78.6 cm³/mol. The first-order valence-corrected chi connectivity index (χ1v) is 7.26. The molecule has 2 aromatic rings. The van der Waals surface area contributed by atoms with Gasteiger partial charge in [0, 0.05) is 0 Å². The molecule has 0 aliphatic carbocycles. The lowest BCUT2D eigenvalue weighted by atomic mass is 10.1. The van der Waals surface area contributed by atoms with Crippen LogP contribution in [0.4, 0.5) is 5.13 Å². The highest BCUT2D eigenvalue weighted by molar-refractivity contribution is 8.02. The lowest BCUT2D eigenvalue weighted by Crippen LogP contribution is -2.33. The fourth-order valence-electron chi connectivity index (χ4n) is 1.60. The second-order valence-corrected chi connectivity index (χ2v) is 6.25. The number of thioether (sulfide) groups is 1. The molecule has 0 bridgehead atoms. The molecule has 1 heterocycles. The van der Waals surface area contributed by atoms with Gasteiger partial charge < -0.3 is 5.73 Å². The molecule has 2 rings (SSSR count). The number of anilines is 1. The van der Waals surface area contributed by atoms with Crippen LogP contribution in [0.25, 0.3) is 0 Å². The number of benzene rings is 1. The van der Waals surface area contributed by atoms with E-state index in [1.54, 1.807) is 0 Å². The number of aromatic nitrogens is 1. The second kappa shape index (κ2) is 6.05. The Balaban J connectivity index is 2.29. The topological polar surface area (TPSA) is 94.0 Å². The van der Waals surface area contributed by atoms with Crippen molar-refractivity contribution >= 4 is 34.1 Å². The first-order chi connectivity index (χ1) is 9.11. The van der Waals surface area contributed by atoms with Crippen LogP contribution < -0.4 is 17.0 Å². The summed E-state index contributed by atoms with van der Waals surface area (Å²) in [4.78, 5) is 16.1. The number of aryl methyl sites for hydroxylation is 1. The molecule has 1 atom stereocenters. The molecular weight excluding hydrogens is 280 g/mol. The Morgan fingerprint density at radius 3 is 2.63 bits per heavy atom. The fraction of sp³-hybridized carbons (Fsp3) is 0.167. The van der Waals surface area contributed by atoms with E-state index in [0.717, 1.165) is 15.5 Å². The number of nitrogens with two attached hydrogens (primary N) is 2. The van der Waals surface area contributed by atoms with Crippen molar-refractivity contribution in [3.8, 4) is 0 Å². The number of thiazole rings is 1. The Kier molecular flexibility index (Phi) is 4.41. The van der Waals surface area contributed by atoms with Gasteiger partial charge in [-0.05, 0) is 12.5 Å². The average Bonchev–Trinajstić information content (AvgIpc) is 2.74. The third-order valence-electron chi connectivity index (χ3n) is 2.48. The van der Waals surface area contributed by atoms with E-state index in [0.29, 0.717) is 5.13 Å². The molecule has 0 spiro atoms. The van der Waals surface area contributed by atoms with Gasteiger partial charge in [0.05, 0.1) is 9.90 Å². The number of carbonyl (C=O) groups excluding carboxylic acids is 1. The number of rotatable bonds is 4. The van der Waals surface area contributed by atoms with Gasteiger partial charge in [0.2, 0.25) is 0 Å². The van der Waals surface area contributed by atoms with Crippen molar-refractivity contribution in [2.45, 2.75) is 16.4 Å². The minimum absolute atomic E-state index is 0.248. The number of hydrogen-bond acceptors (Lipinski definition) is 6. The molecular formula is C12H14N4OS2. The van der Waals surface area contributed by atoms with Gasteiger partial charge in [0.25, 0.3) is 5.91 Å². The standard InChI is InChI=1S/C12H14N4OS2/c1-7-11(19-12(13)15-7)18-9(10(17)16-14)8-5-3-2-4-6-8/h2-6,9H,14H2,1H3,(H2,13,15)(H,16,17). The summed E-state index contributed by atoms with van der Waals surface area (Å²) in [7, 11) is 0. The second-order valence-electron chi connectivity index (χ2n) is 3.84. The van der Waals surface area contributed by atoms with Gasteiger partial charge in [0.15, 0.2) is 5.13 Å². The zero-order valence-electron chi connectivity index (χ0n) is 10.3. The van der Waals surface area contributed by atoms with E-state index < -0.39 is 5.25 Å². The van der Waals surface area contributed by atoms with Crippen LogP contribution in [0, 0.1) is 6.92 Å². The maximum absolute atomic E-state index is 11.9. The smallest absolute Gasteiger partial charge is 0.251 e. The summed E-state index contributed by atoms with van der Waals surface area (Å²) in [5.41, 5.74) is 9.60. The highest BCUT2D eigenvalue weighted by atomic mass is 32.2. The van der Waals surface area contributed by atoms with E-state index in [9.17, 15) is 4.79 Å². The first kappa shape index (κ1) is 13.9. The number of hydrogen-bond donors (Lipinski definition) is 3.